The summed E-state index contributed by atoms with van der Waals surface area (Å²) < 4.78 is 37.3. The molecule has 5 amide bonds. The molecule has 0 saturated heterocycles. The normalized spacial score (nSPS) is 18.0. The zero-order valence-electron chi connectivity index (χ0n) is 38.0. The number of methoxy groups -OCH3 is 1. The van der Waals surface area contributed by atoms with Gasteiger partial charge in [-0.1, -0.05) is 97.9 Å². The molecule has 1 aliphatic carbocycles. The molecule has 350 valence electrons. The van der Waals surface area contributed by atoms with Gasteiger partial charge in [0.1, 0.15) is 23.9 Å². The third-order valence-electron chi connectivity index (χ3n) is 11.2. The van der Waals surface area contributed by atoms with E-state index in [1.54, 1.807) is 6.08 Å². The van der Waals surface area contributed by atoms with E-state index in [0.717, 1.165) is 42.1 Å². The molecule has 0 spiro atoms. The average Bonchev–Trinajstić information content (AvgIpc) is 3.75. The number of aromatic amines is 1. The van der Waals surface area contributed by atoms with E-state index in [1.165, 1.54) is 30.6 Å². The number of nitrogens with one attached hydrogen (secondary N) is 4. The second kappa shape index (κ2) is 24.0. The summed E-state index contributed by atoms with van der Waals surface area (Å²) in [5, 5.41) is 17.3. The van der Waals surface area contributed by atoms with Crippen molar-refractivity contribution in [3.63, 3.8) is 0 Å². The summed E-state index contributed by atoms with van der Waals surface area (Å²) in [5.74, 6) is -3.71. The van der Waals surface area contributed by atoms with E-state index >= 15 is 0 Å². The largest absolute Gasteiger partial charge is 0.499 e. The number of imide groups is 1. The summed E-state index contributed by atoms with van der Waals surface area (Å²) in [7, 11) is 5.19. The maximum Gasteiger partial charge on any atom is 0.490 e. The molecule has 1 aromatic heterocycles. The first-order valence-electron chi connectivity index (χ1n) is 21.8. The lowest BCUT2D eigenvalue weighted by Crippen LogP contribution is -2.57. The summed E-state index contributed by atoms with van der Waals surface area (Å²) >= 11 is 0. The lowest BCUT2D eigenvalue weighted by atomic mass is 9.84. The van der Waals surface area contributed by atoms with Crippen LogP contribution < -0.4 is 16.0 Å². The lowest BCUT2D eigenvalue weighted by molar-refractivity contribution is -0.192. The number of carbonyl (C=O) groups is 6. The number of rotatable bonds is 19. The Hall–Kier alpha value is -5.19. The Labute approximate surface area is 368 Å². The SMILES string of the molecule is COC1=CC(=O)N(C(=O)/C=C/[C@H](CC2CCCCC2)NC(=O)[C@H](CC(C)C)NC(=O)[C@H](CC(C)C)NC(=O)[C@H](C(C)C)N(C)C)[C@H]1Cc1c[nH]c2ccccc12.O=C(O)C(F)(F)F. The number of alkyl halides is 3. The standard InChI is InChI=1S/C44H66N6O6.C2HF3O2/c1-27(2)21-35(47-43(54)36(22-28(3)4)48-44(55)41(29(5)6)49(7)8)42(53)46-32(23-30-15-11-10-12-16-30)19-20-39(51)50-37(38(56-9)25-40(50)52)24-31-26-45-34-18-14-13-17-33(31)34;3-2(4,5)1(6)7/h13-14,17-20,25-30,32,35-37,41,45H,10-12,15-16,21-24H2,1-9H3,(H,46,53)(H,47,54)(H,48,55);(H,6,7)/b20-19+;/t32-,35+,36+,37+,41+;/m1./s1. The highest BCUT2D eigenvalue weighted by atomic mass is 19.4. The minimum atomic E-state index is -5.08. The Balaban J connectivity index is 0.00000139. The molecule has 1 aromatic carbocycles. The Morgan fingerprint density at radius 1 is 0.905 bits per heavy atom. The number of aromatic nitrogens is 1. The molecule has 1 saturated carbocycles. The number of carbonyl (C=O) groups excluding carboxylic acids is 5. The summed E-state index contributed by atoms with van der Waals surface area (Å²) in [4.78, 5) is 83.9. The molecule has 2 aliphatic rings. The summed E-state index contributed by atoms with van der Waals surface area (Å²) in [6.07, 6.45) is 8.50. The minimum absolute atomic E-state index is 0.0283. The molecule has 2 heterocycles. The number of para-hydroxylation sites is 1. The maximum absolute atomic E-state index is 14.2. The van der Waals surface area contributed by atoms with Gasteiger partial charge in [0, 0.05) is 41.7 Å². The van der Waals surface area contributed by atoms with Crippen LogP contribution in [0.15, 0.2) is 54.4 Å². The van der Waals surface area contributed by atoms with Crippen molar-refractivity contribution in [2.75, 3.05) is 21.2 Å². The monoisotopic (exact) mass is 888 g/mol. The fourth-order valence-electron chi connectivity index (χ4n) is 8.32. The van der Waals surface area contributed by atoms with Gasteiger partial charge >= 0.3 is 12.1 Å². The third-order valence-corrected chi connectivity index (χ3v) is 11.2. The van der Waals surface area contributed by atoms with Crippen LogP contribution in [0.5, 0.6) is 0 Å². The number of aliphatic carboxylic acids is 1. The fraction of sp³-hybridized carbons (Fsp3) is 0.609. The lowest BCUT2D eigenvalue weighted by Gasteiger charge is -2.31. The number of hydrogen-bond acceptors (Lipinski definition) is 8. The molecular formula is C46H67F3N6O8. The number of ether oxygens (including phenoxy) is 1. The molecule has 63 heavy (non-hydrogen) atoms. The van der Waals surface area contributed by atoms with Gasteiger partial charge in [-0.2, -0.15) is 13.2 Å². The number of carboxylic acid groups (broad SMARTS) is 1. The quantitative estimate of drug-likeness (QED) is 0.101. The van der Waals surface area contributed by atoms with Gasteiger partial charge in [-0.05, 0) is 68.7 Å². The number of amides is 5. The Kier molecular flexibility index (Phi) is 19.9. The number of carboxylic acids is 1. The molecule has 2 aromatic rings. The van der Waals surface area contributed by atoms with Gasteiger partial charge in [-0.25, -0.2) is 4.79 Å². The maximum atomic E-state index is 14.2. The van der Waals surface area contributed by atoms with Gasteiger partial charge in [-0.15, -0.1) is 0 Å². The van der Waals surface area contributed by atoms with Crippen LogP contribution in [0.3, 0.4) is 0 Å². The molecule has 17 heteroatoms. The van der Waals surface area contributed by atoms with E-state index in [4.69, 9.17) is 14.6 Å². The number of likely N-dealkylation sites (N-methyl/N-ethyl adjacent to an activating group) is 1. The van der Waals surface area contributed by atoms with E-state index in [2.05, 4.69) is 20.9 Å². The van der Waals surface area contributed by atoms with E-state index < -0.39 is 60.1 Å². The molecule has 1 fully saturated rings. The first-order valence-corrected chi connectivity index (χ1v) is 21.8. The van der Waals surface area contributed by atoms with E-state index in [-0.39, 0.29) is 29.6 Å². The van der Waals surface area contributed by atoms with Gasteiger partial charge in [0.15, 0.2) is 0 Å². The average molecular weight is 889 g/mol. The van der Waals surface area contributed by atoms with Crippen LogP contribution in [0.25, 0.3) is 10.9 Å². The van der Waals surface area contributed by atoms with Gasteiger partial charge in [-0.3, -0.25) is 33.8 Å². The number of benzene rings is 1. The Bertz CT molecular complexity index is 1930. The minimum Gasteiger partial charge on any atom is -0.499 e. The topological polar surface area (TPSA) is 190 Å². The Morgan fingerprint density at radius 3 is 1.98 bits per heavy atom. The number of hydrogen-bond donors (Lipinski definition) is 5. The highest BCUT2D eigenvalue weighted by Crippen LogP contribution is 2.30. The second-order valence-electron chi connectivity index (χ2n) is 17.9. The van der Waals surface area contributed by atoms with Crippen LogP contribution >= 0.6 is 0 Å². The number of halogens is 3. The smallest absolute Gasteiger partial charge is 0.490 e. The summed E-state index contributed by atoms with van der Waals surface area (Å²) in [6.45, 7) is 11.9. The fourth-order valence-corrected chi connectivity index (χ4v) is 8.32. The van der Waals surface area contributed by atoms with Crippen molar-refractivity contribution < 1.29 is 51.8 Å². The molecule has 5 N–H and O–H groups in total. The van der Waals surface area contributed by atoms with Crippen molar-refractivity contribution in [3.05, 3.63) is 60.0 Å². The van der Waals surface area contributed by atoms with Crippen LogP contribution in [0.4, 0.5) is 13.2 Å². The molecule has 0 unspecified atom stereocenters. The number of fused-ring (bicyclic) bond motifs is 1. The predicted molar refractivity (Wildman–Crippen MR) is 234 cm³/mol. The highest BCUT2D eigenvalue weighted by Gasteiger charge is 2.39. The van der Waals surface area contributed by atoms with Crippen molar-refractivity contribution in [2.24, 2.45) is 23.7 Å². The first-order chi connectivity index (χ1) is 29.5. The van der Waals surface area contributed by atoms with E-state index in [1.807, 2.05) is 91.0 Å². The van der Waals surface area contributed by atoms with Gasteiger partial charge in [0.2, 0.25) is 17.7 Å². The van der Waals surface area contributed by atoms with Crippen LogP contribution in [-0.2, 0) is 39.9 Å². The molecule has 0 radical (unpaired) electrons. The zero-order valence-corrected chi connectivity index (χ0v) is 38.0. The van der Waals surface area contributed by atoms with Crippen molar-refractivity contribution in [2.45, 2.75) is 136 Å². The molecule has 4 rings (SSSR count). The molecule has 0 bridgehead atoms. The Morgan fingerprint density at radius 2 is 1.46 bits per heavy atom. The number of H-pyrrole nitrogens is 1. The van der Waals surface area contributed by atoms with Crippen LogP contribution in [0.1, 0.15) is 98.5 Å². The zero-order chi connectivity index (χ0) is 47.2. The van der Waals surface area contributed by atoms with Gasteiger partial charge in [0.25, 0.3) is 11.8 Å². The second-order valence-corrected chi connectivity index (χ2v) is 17.9. The molecule has 5 atom stereocenters. The third kappa shape index (κ3) is 15.8. The van der Waals surface area contributed by atoms with Crippen LogP contribution in [0.2, 0.25) is 0 Å². The summed E-state index contributed by atoms with van der Waals surface area (Å²) in [5.41, 5.74) is 1.92. The van der Waals surface area contributed by atoms with E-state index in [9.17, 15) is 37.1 Å². The van der Waals surface area contributed by atoms with Crippen molar-refractivity contribution in [1.82, 2.24) is 30.7 Å². The van der Waals surface area contributed by atoms with Crippen molar-refractivity contribution in [1.29, 1.82) is 0 Å². The first kappa shape index (κ1) is 52.2. The predicted octanol–water partition coefficient (Wildman–Crippen LogP) is 6.27. The van der Waals surface area contributed by atoms with Crippen LogP contribution in [-0.4, -0.2) is 113 Å². The number of nitrogens with zero attached hydrogens (tertiary/aromatic N) is 2. The van der Waals surface area contributed by atoms with E-state index in [0.29, 0.717) is 37.4 Å². The molecular weight excluding hydrogens is 822 g/mol. The molecule has 14 nitrogen and oxygen atoms in total. The van der Waals surface area contributed by atoms with Crippen LogP contribution in [0, 0.1) is 23.7 Å². The van der Waals surface area contributed by atoms with Crippen molar-refractivity contribution >= 4 is 46.4 Å². The summed E-state index contributed by atoms with van der Waals surface area (Å²) in [6, 6.07) is 4.63. The molecule has 1 aliphatic heterocycles. The highest BCUT2D eigenvalue weighted by molar-refractivity contribution is 6.08. The van der Waals surface area contributed by atoms with Gasteiger partial charge in [0.05, 0.1) is 13.2 Å². The van der Waals surface area contributed by atoms with Crippen molar-refractivity contribution in [3.8, 4) is 0 Å². The van der Waals surface area contributed by atoms with Gasteiger partial charge < -0.3 is 30.8 Å².